The minimum absolute atomic E-state index is 0.280. The minimum Gasteiger partial charge on any atom is -0.337 e. The fourth-order valence-electron chi connectivity index (χ4n) is 3.86. The second-order valence-corrected chi connectivity index (χ2v) is 7.31. The van der Waals surface area contributed by atoms with Crippen LogP contribution in [-0.2, 0) is 16.0 Å². The highest BCUT2D eigenvalue weighted by molar-refractivity contribution is 6.36. The van der Waals surface area contributed by atoms with Crippen LogP contribution in [-0.4, -0.2) is 29.8 Å². The maximum atomic E-state index is 13.5. The number of hydrogen-bond acceptors (Lipinski definition) is 3. The lowest BCUT2D eigenvalue weighted by Gasteiger charge is -2.25. The number of anilines is 1. The zero-order chi connectivity index (χ0) is 21.8. The molecule has 3 aromatic rings. The van der Waals surface area contributed by atoms with Crippen molar-refractivity contribution in [2.75, 3.05) is 18.0 Å². The summed E-state index contributed by atoms with van der Waals surface area (Å²) >= 11 is 0. The predicted molar refractivity (Wildman–Crippen MR) is 120 cm³/mol. The smallest absolute Gasteiger partial charge is 0.278 e. The van der Waals surface area contributed by atoms with Crippen molar-refractivity contribution in [3.05, 3.63) is 108 Å². The van der Waals surface area contributed by atoms with Gasteiger partial charge in [-0.2, -0.15) is 0 Å². The van der Waals surface area contributed by atoms with E-state index in [1.807, 2.05) is 72.5 Å². The van der Waals surface area contributed by atoms with E-state index >= 15 is 0 Å². The molecule has 0 spiro atoms. The van der Waals surface area contributed by atoms with Crippen LogP contribution in [0.2, 0.25) is 0 Å². The summed E-state index contributed by atoms with van der Waals surface area (Å²) in [5.41, 5.74) is 3.05. The molecule has 1 aliphatic heterocycles. The first kappa shape index (κ1) is 20.5. The van der Waals surface area contributed by atoms with Gasteiger partial charge in [-0.25, -0.2) is 4.39 Å². The Bertz CT molecular complexity index is 1110. The second kappa shape index (κ2) is 8.96. The molecule has 0 unspecified atom stereocenters. The molecular formula is C26H23FN2O2. The molecule has 5 heteroatoms. The topological polar surface area (TPSA) is 40.6 Å². The molecule has 0 saturated carbocycles. The molecule has 2 amide bonds. The van der Waals surface area contributed by atoms with Crippen molar-refractivity contribution in [2.45, 2.75) is 13.3 Å². The second-order valence-electron chi connectivity index (χ2n) is 7.31. The van der Waals surface area contributed by atoms with E-state index in [0.29, 0.717) is 29.8 Å². The number of carbonyl (C=O) groups is 2. The Labute approximate surface area is 181 Å². The van der Waals surface area contributed by atoms with Crippen molar-refractivity contribution in [3.63, 3.8) is 0 Å². The molecule has 4 rings (SSSR count). The van der Waals surface area contributed by atoms with E-state index in [9.17, 15) is 14.0 Å². The molecule has 0 fully saturated rings. The van der Waals surface area contributed by atoms with Crippen LogP contribution >= 0.6 is 0 Å². The number of para-hydroxylation sites is 1. The lowest BCUT2D eigenvalue weighted by atomic mass is 10.0. The lowest BCUT2D eigenvalue weighted by Crippen LogP contribution is -2.36. The van der Waals surface area contributed by atoms with E-state index in [1.54, 1.807) is 12.1 Å². The van der Waals surface area contributed by atoms with Crippen LogP contribution in [0.3, 0.4) is 0 Å². The maximum absolute atomic E-state index is 13.5. The summed E-state index contributed by atoms with van der Waals surface area (Å²) in [6.45, 7) is 2.73. The van der Waals surface area contributed by atoms with Gasteiger partial charge in [-0.15, -0.1) is 0 Å². The van der Waals surface area contributed by atoms with Crippen molar-refractivity contribution < 1.29 is 14.0 Å². The number of halogens is 1. The first-order valence-corrected chi connectivity index (χ1v) is 10.3. The van der Waals surface area contributed by atoms with Gasteiger partial charge in [0.05, 0.1) is 5.57 Å². The predicted octanol–water partition coefficient (Wildman–Crippen LogP) is 4.67. The average molecular weight is 414 g/mol. The molecule has 0 aromatic heterocycles. The third-order valence-corrected chi connectivity index (χ3v) is 5.40. The molecule has 31 heavy (non-hydrogen) atoms. The third kappa shape index (κ3) is 4.12. The van der Waals surface area contributed by atoms with Gasteiger partial charge in [-0.3, -0.25) is 14.5 Å². The van der Waals surface area contributed by atoms with E-state index in [4.69, 9.17) is 0 Å². The summed E-state index contributed by atoms with van der Waals surface area (Å²) in [5, 5.41) is 0. The van der Waals surface area contributed by atoms with Gasteiger partial charge in [0.15, 0.2) is 0 Å². The molecule has 4 nitrogen and oxygen atoms in total. The maximum Gasteiger partial charge on any atom is 0.278 e. The van der Waals surface area contributed by atoms with Gasteiger partial charge in [0.25, 0.3) is 11.8 Å². The number of imide groups is 1. The Morgan fingerprint density at radius 3 is 2.03 bits per heavy atom. The molecular weight excluding hydrogens is 391 g/mol. The van der Waals surface area contributed by atoms with Gasteiger partial charge >= 0.3 is 0 Å². The summed E-state index contributed by atoms with van der Waals surface area (Å²) < 4.78 is 13.5. The normalized spacial score (nSPS) is 13.8. The fourth-order valence-corrected chi connectivity index (χ4v) is 3.86. The Hall–Kier alpha value is -3.73. The first-order chi connectivity index (χ1) is 15.1. The molecule has 0 N–H and O–H groups in total. The van der Waals surface area contributed by atoms with E-state index in [1.165, 1.54) is 17.0 Å². The summed E-state index contributed by atoms with van der Waals surface area (Å²) in [5.74, 6) is -1.07. The summed E-state index contributed by atoms with van der Waals surface area (Å²) in [4.78, 5) is 30.1. The highest BCUT2D eigenvalue weighted by atomic mass is 19.1. The van der Waals surface area contributed by atoms with Crippen LogP contribution in [0, 0.1) is 5.82 Å². The molecule has 156 valence electrons. The summed E-state index contributed by atoms with van der Waals surface area (Å²) in [6.07, 6.45) is 0.569. The number of rotatable bonds is 7. The van der Waals surface area contributed by atoms with Gasteiger partial charge in [0.2, 0.25) is 0 Å². The zero-order valence-corrected chi connectivity index (χ0v) is 17.3. The van der Waals surface area contributed by atoms with Crippen molar-refractivity contribution in [1.29, 1.82) is 0 Å². The monoisotopic (exact) mass is 414 g/mol. The van der Waals surface area contributed by atoms with Gasteiger partial charge in [0.1, 0.15) is 11.5 Å². The Kier molecular flexibility index (Phi) is 5.94. The average Bonchev–Trinajstić information content (AvgIpc) is 3.05. The fraction of sp³-hybridized carbons (Fsp3) is 0.154. The highest BCUT2D eigenvalue weighted by Gasteiger charge is 2.41. The molecule has 3 aromatic carbocycles. The van der Waals surface area contributed by atoms with Crippen molar-refractivity contribution in [2.24, 2.45) is 0 Å². The van der Waals surface area contributed by atoms with Crippen molar-refractivity contribution >= 4 is 23.1 Å². The Morgan fingerprint density at radius 1 is 0.806 bits per heavy atom. The van der Waals surface area contributed by atoms with E-state index in [-0.39, 0.29) is 24.2 Å². The standard InChI is InChI=1S/C26H23FN2O2/c1-2-28(22-11-7-4-8-12-22)24-23(20-13-15-21(27)16-14-20)25(30)29(26(24)31)18-17-19-9-5-3-6-10-19/h3-16H,2,17-18H2,1H3. The van der Waals surface area contributed by atoms with Gasteiger partial charge in [0, 0.05) is 18.8 Å². The number of nitrogens with zero attached hydrogens (tertiary/aromatic N) is 2. The number of hydrogen-bond donors (Lipinski definition) is 0. The van der Waals surface area contributed by atoms with E-state index in [0.717, 1.165) is 11.3 Å². The molecule has 0 aliphatic carbocycles. The van der Waals surface area contributed by atoms with Crippen molar-refractivity contribution in [3.8, 4) is 0 Å². The molecule has 1 heterocycles. The summed E-state index contributed by atoms with van der Waals surface area (Å²) in [6, 6.07) is 25.0. The van der Waals surface area contributed by atoms with Crippen LogP contribution < -0.4 is 4.90 Å². The number of carbonyl (C=O) groups excluding carboxylic acids is 2. The molecule has 0 atom stereocenters. The van der Waals surface area contributed by atoms with E-state index < -0.39 is 0 Å². The molecule has 0 radical (unpaired) electrons. The number of amides is 2. The van der Waals surface area contributed by atoms with Gasteiger partial charge in [-0.05, 0) is 48.7 Å². The molecule has 1 aliphatic rings. The quantitative estimate of drug-likeness (QED) is 0.528. The SMILES string of the molecule is CCN(C1=C(c2ccc(F)cc2)C(=O)N(CCc2ccccc2)C1=O)c1ccccc1. The minimum atomic E-state index is -0.390. The van der Waals surface area contributed by atoms with Crippen LogP contribution in [0.15, 0.2) is 90.6 Å². The lowest BCUT2D eigenvalue weighted by molar-refractivity contribution is -0.136. The van der Waals surface area contributed by atoms with Crippen LogP contribution in [0.25, 0.3) is 5.57 Å². The van der Waals surface area contributed by atoms with Gasteiger partial charge < -0.3 is 4.90 Å². The largest absolute Gasteiger partial charge is 0.337 e. The highest BCUT2D eigenvalue weighted by Crippen LogP contribution is 2.34. The third-order valence-electron chi connectivity index (χ3n) is 5.40. The zero-order valence-electron chi connectivity index (χ0n) is 17.3. The van der Waals surface area contributed by atoms with Crippen LogP contribution in [0.1, 0.15) is 18.1 Å². The molecule has 0 saturated heterocycles. The van der Waals surface area contributed by atoms with Crippen LogP contribution in [0.5, 0.6) is 0 Å². The van der Waals surface area contributed by atoms with Crippen LogP contribution in [0.4, 0.5) is 10.1 Å². The Morgan fingerprint density at radius 2 is 1.42 bits per heavy atom. The number of benzene rings is 3. The first-order valence-electron chi connectivity index (χ1n) is 10.3. The Balaban J connectivity index is 1.75. The number of likely N-dealkylation sites (N-methyl/N-ethyl adjacent to an activating group) is 1. The summed E-state index contributed by atoms with van der Waals surface area (Å²) in [7, 11) is 0. The van der Waals surface area contributed by atoms with Crippen molar-refractivity contribution in [1.82, 2.24) is 4.90 Å². The van der Waals surface area contributed by atoms with E-state index in [2.05, 4.69) is 0 Å². The van der Waals surface area contributed by atoms with Gasteiger partial charge in [-0.1, -0.05) is 60.7 Å². The molecule has 0 bridgehead atoms.